The lowest BCUT2D eigenvalue weighted by atomic mass is 9.93. The van der Waals surface area contributed by atoms with E-state index in [0.29, 0.717) is 11.1 Å². The summed E-state index contributed by atoms with van der Waals surface area (Å²) in [7, 11) is 0. The van der Waals surface area contributed by atoms with E-state index in [4.69, 9.17) is 0 Å². The van der Waals surface area contributed by atoms with Gasteiger partial charge in [0.05, 0.1) is 0 Å². The molecule has 0 radical (unpaired) electrons. The number of rotatable bonds is 2. The van der Waals surface area contributed by atoms with Gasteiger partial charge in [-0.15, -0.1) is 0 Å². The lowest BCUT2D eigenvalue weighted by molar-refractivity contribution is -0.118. The van der Waals surface area contributed by atoms with Crippen LogP contribution < -0.4 is 0 Å². The van der Waals surface area contributed by atoms with Crippen LogP contribution in [0.15, 0.2) is 12.1 Å². The highest BCUT2D eigenvalue weighted by Gasteiger charge is 2.16. The predicted molar refractivity (Wildman–Crippen MR) is 53.6 cm³/mol. The van der Waals surface area contributed by atoms with Crippen molar-refractivity contribution in [2.45, 2.75) is 26.7 Å². The van der Waals surface area contributed by atoms with Crippen molar-refractivity contribution in [1.82, 2.24) is 0 Å². The second kappa shape index (κ2) is 3.70. The normalized spacial score (nSPS) is 12.5. The van der Waals surface area contributed by atoms with Crippen molar-refractivity contribution in [1.29, 1.82) is 0 Å². The minimum absolute atomic E-state index is 0.0121. The second-order valence-electron chi connectivity index (χ2n) is 3.51. The van der Waals surface area contributed by atoms with Gasteiger partial charge in [0, 0.05) is 12.0 Å². The molecule has 2 N–H and O–H groups in total. The Morgan fingerprint density at radius 3 is 2.43 bits per heavy atom. The van der Waals surface area contributed by atoms with Crippen molar-refractivity contribution in [3.63, 3.8) is 0 Å². The number of carbonyl (C=O) groups is 1. The molecule has 14 heavy (non-hydrogen) atoms. The van der Waals surface area contributed by atoms with Crippen molar-refractivity contribution >= 4 is 5.78 Å². The fourth-order valence-corrected chi connectivity index (χ4v) is 1.37. The summed E-state index contributed by atoms with van der Waals surface area (Å²) in [6, 6.07) is 2.78. The van der Waals surface area contributed by atoms with Crippen LogP contribution in [0.3, 0.4) is 0 Å². The molecule has 1 aromatic rings. The maximum Gasteiger partial charge on any atom is 0.137 e. The summed E-state index contributed by atoms with van der Waals surface area (Å²) in [5, 5.41) is 18.7. The molecule has 0 saturated carbocycles. The molecule has 0 spiro atoms. The largest absolute Gasteiger partial charge is 0.508 e. The molecule has 1 atom stereocenters. The fraction of sp³-hybridized carbons (Fsp3) is 0.364. The number of ketones is 1. The third-order valence-corrected chi connectivity index (χ3v) is 2.48. The average molecular weight is 194 g/mol. The first-order valence-corrected chi connectivity index (χ1v) is 4.46. The van der Waals surface area contributed by atoms with Gasteiger partial charge in [0.2, 0.25) is 0 Å². The molecule has 0 aliphatic heterocycles. The Kier molecular flexibility index (Phi) is 2.79. The molecule has 3 nitrogen and oxygen atoms in total. The van der Waals surface area contributed by atoms with E-state index in [1.165, 1.54) is 19.1 Å². The molecule has 1 aromatic carbocycles. The summed E-state index contributed by atoms with van der Waals surface area (Å²) in [5.74, 6) is -0.282. The molecule has 0 saturated heterocycles. The Morgan fingerprint density at radius 1 is 1.36 bits per heavy atom. The van der Waals surface area contributed by atoms with E-state index in [2.05, 4.69) is 0 Å². The third kappa shape index (κ3) is 1.87. The molecule has 76 valence electrons. The topological polar surface area (TPSA) is 57.5 Å². The lowest BCUT2D eigenvalue weighted by Gasteiger charge is -2.13. The van der Waals surface area contributed by atoms with E-state index in [9.17, 15) is 15.0 Å². The number of phenols is 2. The first-order valence-electron chi connectivity index (χ1n) is 4.46. The van der Waals surface area contributed by atoms with Crippen LogP contribution in [-0.4, -0.2) is 16.0 Å². The molecular weight excluding hydrogens is 180 g/mol. The highest BCUT2D eigenvalue weighted by Crippen LogP contribution is 2.31. The number of benzene rings is 1. The maximum absolute atomic E-state index is 11.2. The Labute approximate surface area is 83.0 Å². The highest BCUT2D eigenvalue weighted by atomic mass is 16.3. The number of hydrogen-bond donors (Lipinski definition) is 2. The monoisotopic (exact) mass is 194 g/mol. The Morgan fingerprint density at radius 2 is 1.93 bits per heavy atom. The molecule has 0 aromatic heterocycles. The van der Waals surface area contributed by atoms with E-state index in [0.717, 1.165) is 0 Å². The average Bonchev–Trinajstić information content (AvgIpc) is 2.09. The number of Topliss-reactive ketones (excluding diaryl/α,β-unsaturated/α-hetero) is 1. The van der Waals surface area contributed by atoms with Crippen LogP contribution in [0.5, 0.6) is 11.5 Å². The van der Waals surface area contributed by atoms with Gasteiger partial charge in [0.15, 0.2) is 0 Å². The molecule has 3 heteroatoms. The molecule has 0 unspecified atom stereocenters. The third-order valence-electron chi connectivity index (χ3n) is 2.48. The van der Waals surface area contributed by atoms with Crippen LogP contribution in [-0.2, 0) is 4.79 Å². The molecule has 0 amide bonds. The minimum atomic E-state index is -0.298. The summed E-state index contributed by atoms with van der Waals surface area (Å²) in [6.45, 7) is 4.97. The summed E-state index contributed by atoms with van der Waals surface area (Å²) in [6.07, 6.45) is 0. The van der Waals surface area contributed by atoms with E-state index < -0.39 is 0 Å². The summed E-state index contributed by atoms with van der Waals surface area (Å²) in [5.41, 5.74) is 1.32. The van der Waals surface area contributed by atoms with Gasteiger partial charge in [-0.25, -0.2) is 0 Å². The molecule has 0 aliphatic carbocycles. The summed E-state index contributed by atoms with van der Waals surface area (Å²) in [4.78, 5) is 11.2. The highest BCUT2D eigenvalue weighted by molar-refractivity contribution is 5.83. The van der Waals surface area contributed by atoms with Gasteiger partial charge in [-0.3, -0.25) is 4.79 Å². The van der Waals surface area contributed by atoms with Crippen molar-refractivity contribution < 1.29 is 15.0 Å². The van der Waals surface area contributed by atoms with Crippen LogP contribution in [0, 0.1) is 6.92 Å². The van der Waals surface area contributed by atoms with Gasteiger partial charge in [0.1, 0.15) is 17.3 Å². The van der Waals surface area contributed by atoms with Gasteiger partial charge < -0.3 is 10.2 Å². The van der Waals surface area contributed by atoms with Crippen molar-refractivity contribution in [2.75, 3.05) is 0 Å². The summed E-state index contributed by atoms with van der Waals surface area (Å²) < 4.78 is 0. The second-order valence-corrected chi connectivity index (χ2v) is 3.51. The molecular formula is C11H14O3. The van der Waals surface area contributed by atoms with E-state index in [1.54, 1.807) is 13.8 Å². The maximum atomic E-state index is 11.2. The molecule has 1 rings (SSSR count). The Hall–Kier alpha value is -1.51. The van der Waals surface area contributed by atoms with E-state index >= 15 is 0 Å². The lowest BCUT2D eigenvalue weighted by Crippen LogP contribution is -2.06. The first kappa shape index (κ1) is 10.6. The van der Waals surface area contributed by atoms with Crippen LogP contribution in [0.1, 0.15) is 30.9 Å². The Balaban J connectivity index is 3.26. The van der Waals surface area contributed by atoms with Crippen LogP contribution in [0.2, 0.25) is 0 Å². The molecule has 0 heterocycles. The van der Waals surface area contributed by atoms with Crippen LogP contribution in [0.4, 0.5) is 0 Å². The van der Waals surface area contributed by atoms with Gasteiger partial charge in [-0.05, 0) is 31.0 Å². The van der Waals surface area contributed by atoms with Gasteiger partial charge in [-0.1, -0.05) is 6.92 Å². The summed E-state index contributed by atoms with van der Waals surface area (Å²) >= 11 is 0. The quantitative estimate of drug-likeness (QED) is 0.758. The zero-order chi connectivity index (χ0) is 10.9. The van der Waals surface area contributed by atoms with Gasteiger partial charge in [0.25, 0.3) is 0 Å². The number of carbonyl (C=O) groups excluding carboxylic acids is 1. The molecule has 0 aliphatic rings. The zero-order valence-corrected chi connectivity index (χ0v) is 8.53. The smallest absolute Gasteiger partial charge is 0.137 e. The number of phenolic OH excluding ortho intramolecular Hbond substituents is 2. The SMILES string of the molecule is CC(=O)[C@H](C)c1cc(O)cc(O)c1C. The first-order chi connectivity index (χ1) is 6.43. The van der Waals surface area contributed by atoms with Crippen LogP contribution >= 0.6 is 0 Å². The molecule has 0 fully saturated rings. The number of aromatic hydroxyl groups is 2. The van der Waals surface area contributed by atoms with Crippen LogP contribution in [0.25, 0.3) is 0 Å². The predicted octanol–water partition coefficient (Wildman–Crippen LogP) is 2.10. The van der Waals surface area contributed by atoms with Gasteiger partial charge in [-0.2, -0.15) is 0 Å². The number of hydrogen-bond acceptors (Lipinski definition) is 3. The Bertz CT molecular complexity index is 369. The van der Waals surface area contributed by atoms with Crippen molar-refractivity contribution in [2.24, 2.45) is 0 Å². The standard InChI is InChI=1S/C11H14O3/c1-6(8(3)12)10-4-9(13)5-11(14)7(10)2/h4-6,13-14H,1-3H3/t6-/m0/s1. The fourth-order valence-electron chi connectivity index (χ4n) is 1.37. The van der Waals surface area contributed by atoms with Crippen molar-refractivity contribution in [3.05, 3.63) is 23.3 Å². The minimum Gasteiger partial charge on any atom is -0.508 e. The zero-order valence-electron chi connectivity index (χ0n) is 8.53. The van der Waals surface area contributed by atoms with E-state index in [1.807, 2.05) is 0 Å². The van der Waals surface area contributed by atoms with Crippen molar-refractivity contribution in [3.8, 4) is 11.5 Å². The molecule has 0 bridgehead atoms. The van der Waals surface area contributed by atoms with E-state index in [-0.39, 0.29) is 23.2 Å². The van der Waals surface area contributed by atoms with Gasteiger partial charge >= 0.3 is 0 Å².